The van der Waals surface area contributed by atoms with E-state index in [4.69, 9.17) is 9.47 Å². The number of rotatable bonds is 7. The number of carbonyl (C=O) groups is 1. The topological polar surface area (TPSA) is 47.6 Å². The van der Waals surface area contributed by atoms with Crippen molar-refractivity contribution < 1.29 is 14.3 Å². The first-order valence-corrected chi connectivity index (χ1v) is 9.11. The zero-order chi connectivity index (χ0) is 17.6. The van der Waals surface area contributed by atoms with E-state index in [1.165, 1.54) is 6.42 Å². The van der Waals surface area contributed by atoms with Crippen LogP contribution in [0.2, 0.25) is 0 Å². The maximum absolute atomic E-state index is 12.8. The monoisotopic (exact) mass is 333 g/mol. The summed E-state index contributed by atoms with van der Waals surface area (Å²) in [5.41, 5.74) is 1.14. The van der Waals surface area contributed by atoms with Gasteiger partial charge in [0, 0.05) is 12.8 Å². The molecule has 1 amide bonds. The minimum atomic E-state index is -0.693. The summed E-state index contributed by atoms with van der Waals surface area (Å²) in [6, 6.07) is 5.81. The predicted molar refractivity (Wildman–Crippen MR) is 97.6 cm³/mol. The lowest BCUT2D eigenvalue weighted by Gasteiger charge is -2.37. The first-order valence-electron chi connectivity index (χ1n) is 9.11. The molecule has 2 unspecified atom stereocenters. The summed E-state index contributed by atoms with van der Waals surface area (Å²) in [7, 11) is 1.65. The van der Waals surface area contributed by atoms with Crippen LogP contribution in [-0.2, 0) is 9.53 Å². The molecule has 0 saturated heterocycles. The van der Waals surface area contributed by atoms with E-state index in [0.717, 1.165) is 55.7 Å². The molecular weight excluding hydrogens is 302 g/mol. The Labute approximate surface area is 145 Å². The van der Waals surface area contributed by atoms with Crippen LogP contribution in [0.1, 0.15) is 57.9 Å². The number of benzene rings is 1. The van der Waals surface area contributed by atoms with Gasteiger partial charge in [-0.05, 0) is 62.3 Å². The SMILES string of the molecule is CCCCOc1ccc(NC(=O)C2(OC)CCCC(C)C2)cc1C. The summed E-state index contributed by atoms with van der Waals surface area (Å²) < 4.78 is 11.4. The highest BCUT2D eigenvalue weighted by atomic mass is 16.5. The van der Waals surface area contributed by atoms with Gasteiger partial charge in [-0.3, -0.25) is 4.79 Å². The van der Waals surface area contributed by atoms with Crippen molar-refractivity contribution in [3.05, 3.63) is 23.8 Å². The van der Waals surface area contributed by atoms with E-state index < -0.39 is 5.60 Å². The molecule has 2 atom stereocenters. The third kappa shape index (κ3) is 4.50. The van der Waals surface area contributed by atoms with Crippen molar-refractivity contribution in [1.29, 1.82) is 0 Å². The van der Waals surface area contributed by atoms with Crippen LogP contribution in [0, 0.1) is 12.8 Å². The zero-order valence-electron chi connectivity index (χ0n) is 15.5. The van der Waals surface area contributed by atoms with E-state index in [1.54, 1.807) is 7.11 Å². The maximum Gasteiger partial charge on any atom is 0.256 e. The number of hydrogen-bond acceptors (Lipinski definition) is 3. The van der Waals surface area contributed by atoms with Gasteiger partial charge in [-0.25, -0.2) is 0 Å². The molecule has 2 rings (SSSR count). The molecule has 1 saturated carbocycles. The largest absolute Gasteiger partial charge is 0.493 e. The number of hydrogen-bond donors (Lipinski definition) is 1. The van der Waals surface area contributed by atoms with E-state index in [0.29, 0.717) is 5.92 Å². The molecule has 1 N–H and O–H groups in total. The number of nitrogens with one attached hydrogen (secondary N) is 1. The average Bonchev–Trinajstić information content (AvgIpc) is 2.56. The van der Waals surface area contributed by atoms with Crippen LogP contribution in [0.15, 0.2) is 18.2 Å². The van der Waals surface area contributed by atoms with Crippen molar-refractivity contribution in [2.24, 2.45) is 5.92 Å². The average molecular weight is 333 g/mol. The number of unbranched alkanes of at least 4 members (excludes halogenated alkanes) is 1. The molecule has 0 spiro atoms. The van der Waals surface area contributed by atoms with Gasteiger partial charge < -0.3 is 14.8 Å². The second-order valence-corrected chi connectivity index (χ2v) is 7.04. The second kappa shape index (κ2) is 8.52. The Hall–Kier alpha value is -1.55. The molecule has 4 nitrogen and oxygen atoms in total. The quantitative estimate of drug-likeness (QED) is 0.735. The number of amides is 1. The Morgan fingerprint density at radius 1 is 1.42 bits per heavy atom. The van der Waals surface area contributed by atoms with Crippen LogP contribution >= 0.6 is 0 Å². The predicted octanol–water partition coefficient (Wildman–Crippen LogP) is 4.71. The van der Waals surface area contributed by atoms with Gasteiger partial charge in [-0.2, -0.15) is 0 Å². The van der Waals surface area contributed by atoms with Gasteiger partial charge in [0.25, 0.3) is 5.91 Å². The van der Waals surface area contributed by atoms with Crippen LogP contribution in [0.25, 0.3) is 0 Å². The molecule has 1 aromatic rings. The molecule has 1 aliphatic rings. The lowest BCUT2D eigenvalue weighted by molar-refractivity contribution is -0.143. The van der Waals surface area contributed by atoms with Gasteiger partial charge in [0.2, 0.25) is 0 Å². The standard InChI is InChI=1S/C20H31NO3/c1-5-6-12-24-18-10-9-17(13-16(18)3)21-19(22)20(23-4)11-7-8-15(2)14-20/h9-10,13,15H,5-8,11-12,14H2,1-4H3,(H,21,22). The number of anilines is 1. The van der Waals surface area contributed by atoms with Gasteiger partial charge in [-0.1, -0.05) is 26.7 Å². The molecule has 1 aromatic carbocycles. The third-order valence-electron chi connectivity index (χ3n) is 4.95. The lowest BCUT2D eigenvalue weighted by Crippen LogP contribution is -2.47. The van der Waals surface area contributed by atoms with E-state index in [1.807, 2.05) is 25.1 Å². The summed E-state index contributed by atoms with van der Waals surface area (Å²) >= 11 is 0. The van der Waals surface area contributed by atoms with Crippen LogP contribution in [-0.4, -0.2) is 25.2 Å². The van der Waals surface area contributed by atoms with Crippen LogP contribution in [0.3, 0.4) is 0 Å². The Morgan fingerprint density at radius 3 is 2.83 bits per heavy atom. The summed E-state index contributed by atoms with van der Waals surface area (Å²) in [5.74, 6) is 1.37. The molecule has 24 heavy (non-hydrogen) atoms. The Morgan fingerprint density at radius 2 is 2.21 bits per heavy atom. The highest BCUT2D eigenvalue weighted by Gasteiger charge is 2.41. The summed E-state index contributed by atoms with van der Waals surface area (Å²) in [6.07, 6.45) is 5.94. The highest BCUT2D eigenvalue weighted by Crippen LogP contribution is 2.36. The molecular formula is C20H31NO3. The molecule has 0 heterocycles. The molecule has 1 aliphatic carbocycles. The van der Waals surface area contributed by atoms with Crippen LogP contribution in [0.4, 0.5) is 5.69 Å². The third-order valence-corrected chi connectivity index (χ3v) is 4.95. The molecule has 4 heteroatoms. The molecule has 134 valence electrons. The van der Waals surface area contributed by atoms with Crippen molar-refractivity contribution in [2.45, 2.75) is 64.9 Å². The van der Waals surface area contributed by atoms with E-state index in [9.17, 15) is 4.79 Å². The van der Waals surface area contributed by atoms with Gasteiger partial charge >= 0.3 is 0 Å². The molecule has 1 fully saturated rings. The molecule has 0 bridgehead atoms. The Bertz CT molecular complexity index is 558. The number of aryl methyl sites for hydroxylation is 1. The Balaban J connectivity index is 2.04. The minimum absolute atomic E-state index is 0.0319. The van der Waals surface area contributed by atoms with Crippen molar-refractivity contribution in [3.63, 3.8) is 0 Å². The van der Waals surface area contributed by atoms with E-state index in [-0.39, 0.29) is 5.91 Å². The first-order chi connectivity index (χ1) is 11.5. The van der Waals surface area contributed by atoms with Crippen molar-refractivity contribution in [1.82, 2.24) is 0 Å². The Kier molecular flexibility index (Phi) is 6.67. The van der Waals surface area contributed by atoms with Gasteiger partial charge in [0.15, 0.2) is 0 Å². The van der Waals surface area contributed by atoms with Crippen molar-refractivity contribution >= 4 is 11.6 Å². The summed E-state index contributed by atoms with van der Waals surface area (Å²) in [6.45, 7) is 7.07. The fourth-order valence-corrected chi connectivity index (χ4v) is 3.45. The van der Waals surface area contributed by atoms with Gasteiger partial charge in [0.05, 0.1) is 6.61 Å². The van der Waals surface area contributed by atoms with Crippen molar-refractivity contribution in [2.75, 3.05) is 19.0 Å². The summed E-state index contributed by atoms with van der Waals surface area (Å²) in [5, 5.41) is 3.04. The van der Waals surface area contributed by atoms with Gasteiger partial charge in [0.1, 0.15) is 11.4 Å². The van der Waals surface area contributed by atoms with Crippen LogP contribution in [0.5, 0.6) is 5.75 Å². The molecule has 0 radical (unpaired) electrons. The normalized spacial score (nSPS) is 23.8. The van der Waals surface area contributed by atoms with E-state index >= 15 is 0 Å². The van der Waals surface area contributed by atoms with Crippen molar-refractivity contribution in [3.8, 4) is 5.75 Å². The minimum Gasteiger partial charge on any atom is -0.493 e. The smallest absolute Gasteiger partial charge is 0.256 e. The first kappa shape index (κ1) is 18.8. The zero-order valence-corrected chi connectivity index (χ0v) is 15.5. The fraction of sp³-hybridized carbons (Fsp3) is 0.650. The van der Waals surface area contributed by atoms with Gasteiger partial charge in [-0.15, -0.1) is 0 Å². The molecule has 0 aromatic heterocycles. The molecule has 0 aliphatic heterocycles. The van der Waals surface area contributed by atoms with Crippen LogP contribution < -0.4 is 10.1 Å². The summed E-state index contributed by atoms with van der Waals surface area (Å²) in [4.78, 5) is 12.8. The number of ether oxygens (including phenoxy) is 2. The number of carbonyl (C=O) groups excluding carboxylic acids is 1. The second-order valence-electron chi connectivity index (χ2n) is 7.04. The number of methoxy groups -OCH3 is 1. The maximum atomic E-state index is 12.8. The lowest BCUT2D eigenvalue weighted by atomic mass is 9.78. The van der Waals surface area contributed by atoms with E-state index in [2.05, 4.69) is 19.2 Å². The highest BCUT2D eigenvalue weighted by molar-refractivity contribution is 5.97. The fourth-order valence-electron chi connectivity index (χ4n) is 3.45.